The zero-order valence-electron chi connectivity index (χ0n) is 9.93. The Bertz CT molecular complexity index is 728. The highest BCUT2D eigenvalue weighted by Gasteiger charge is 2.28. The van der Waals surface area contributed by atoms with E-state index in [1.54, 1.807) is 0 Å². The molecule has 1 aliphatic rings. The maximum Gasteiger partial charge on any atom is 0.318 e. The predicted octanol–water partition coefficient (Wildman–Crippen LogP) is 1.53. The summed E-state index contributed by atoms with van der Waals surface area (Å²) in [5.41, 5.74) is -1.80. The summed E-state index contributed by atoms with van der Waals surface area (Å²) in [5.74, 6) is -1.58. The average molecular weight is 311 g/mol. The van der Waals surface area contributed by atoms with Gasteiger partial charge in [-0.2, -0.15) is 0 Å². The topological polar surface area (TPSA) is 153 Å². The molecule has 1 heterocycles. The van der Waals surface area contributed by atoms with Crippen LogP contribution in [0.3, 0.4) is 0 Å². The molecule has 1 saturated heterocycles. The highest BCUT2D eigenvalue weighted by molar-refractivity contribution is 8.18. The van der Waals surface area contributed by atoms with E-state index >= 15 is 0 Å². The number of amides is 2. The largest absolute Gasteiger partial charge is 0.502 e. The van der Waals surface area contributed by atoms with E-state index in [0.29, 0.717) is 17.8 Å². The average Bonchev–Trinajstić information content (AvgIpc) is 2.69. The molecule has 0 aliphatic carbocycles. The summed E-state index contributed by atoms with van der Waals surface area (Å²) in [5, 5.41) is 32.5. The summed E-state index contributed by atoms with van der Waals surface area (Å²) in [6.45, 7) is 0. The van der Waals surface area contributed by atoms with E-state index in [-0.39, 0.29) is 10.5 Å². The van der Waals surface area contributed by atoms with Gasteiger partial charge in [0.2, 0.25) is 5.75 Å². The minimum atomic E-state index is -0.989. The van der Waals surface area contributed by atoms with Crippen LogP contribution in [0.1, 0.15) is 5.56 Å². The number of nitro benzene ring substituents is 2. The Labute approximate surface area is 119 Å². The van der Waals surface area contributed by atoms with E-state index in [0.717, 1.165) is 12.1 Å². The number of rotatable bonds is 3. The second-order valence-corrected chi connectivity index (χ2v) is 4.78. The fourth-order valence-electron chi connectivity index (χ4n) is 1.54. The summed E-state index contributed by atoms with van der Waals surface area (Å²) in [6, 6.07) is 1.47. The van der Waals surface area contributed by atoms with E-state index in [4.69, 9.17) is 0 Å². The number of aromatic hydroxyl groups is 1. The molecule has 108 valence electrons. The van der Waals surface area contributed by atoms with Crippen molar-refractivity contribution in [2.24, 2.45) is 0 Å². The van der Waals surface area contributed by atoms with Crippen molar-refractivity contribution >= 4 is 40.4 Å². The normalized spacial score (nSPS) is 16.1. The third kappa shape index (κ3) is 2.81. The summed E-state index contributed by atoms with van der Waals surface area (Å²) in [7, 11) is 0. The molecule has 10 nitrogen and oxygen atoms in total. The first-order valence-corrected chi connectivity index (χ1v) is 6.02. The van der Waals surface area contributed by atoms with Gasteiger partial charge in [-0.15, -0.1) is 0 Å². The quantitative estimate of drug-likeness (QED) is 0.484. The molecule has 0 atom stereocenters. The second-order valence-electron chi connectivity index (χ2n) is 3.77. The molecule has 0 radical (unpaired) electrons. The number of hydrogen-bond donors (Lipinski definition) is 2. The molecule has 2 rings (SSSR count). The minimum Gasteiger partial charge on any atom is -0.502 e. The molecule has 21 heavy (non-hydrogen) atoms. The Balaban J connectivity index is 2.60. The molecular formula is C10H5N3O7S. The Kier molecular flexibility index (Phi) is 3.58. The van der Waals surface area contributed by atoms with Gasteiger partial charge in [0, 0.05) is 11.6 Å². The molecule has 0 aromatic heterocycles. The molecule has 0 unspecified atom stereocenters. The van der Waals surface area contributed by atoms with E-state index < -0.39 is 38.1 Å². The number of thioether (sulfide) groups is 1. The lowest BCUT2D eigenvalue weighted by atomic mass is 10.1. The van der Waals surface area contributed by atoms with E-state index in [1.165, 1.54) is 0 Å². The number of hydrogen-bond acceptors (Lipinski definition) is 8. The third-order valence-corrected chi connectivity index (χ3v) is 3.25. The van der Waals surface area contributed by atoms with Crippen molar-refractivity contribution < 1.29 is 24.5 Å². The fourth-order valence-corrected chi connectivity index (χ4v) is 2.22. The number of nitrogens with zero attached hydrogens (tertiary/aromatic N) is 2. The Morgan fingerprint density at radius 2 is 1.86 bits per heavy atom. The van der Waals surface area contributed by atoms with Crippen LogP contribution in [0.2, 0.25) is 0 Å². The van der Waals surface area contributed by atoms with Crippen LogP contribution < -0.4 is 5.32 Å². The van der Waals surface area contributed by atoms with E-state index in [1.807, 2.05) is 5.32 Å². The van der Waals surface area contributed by atoms with Crippen molar-refractivity contribution in [3.8, 4) is 5.75 Å². The van der Waals surface area contributed by atoms with Gasteiger partial charge in [0.1, 0.15) is 0 Å². The van der Waals surface area contributed by atoms with Gasteiger partial charge in [-0.05, 0) is 17.8 Å². The SMILES string of the molecule is O=C1NC(=O)/C(=C\c2cc([N+](=O)[O-])cc([N+](=O)[O-])c2O)S1. The molecule has 2 amide bonds. The lowest BCUT2D eigenvalue weighted by molar-refractivity contribution is -0.394. The number of nitrogens with one attached hydrogen (secondary N) is 1. The monoisotopic (exact) mass is 311 g/mol. The number of imide groups is 1. The highest BCUT2D eigenvalue weighted by atomic mass is 32.2. The first-order chi connectivity index (χ1) is 9.79. The van der Waals surface area contributed by atoms with Gasteiger partial charge in [-0.3, -0.25) is 35.1 Å². The number of phenols is 1. The Morgan fingerprint density at radius 1 is 1.19 bits per heavy atom. The molecule has 11 heteroatoms. The van der Waals surface area contributed by atoms with Crippen molar-refractivity contribution in [2.45, 2.75) is 0 Å². The van der Waals surface area contributed by atoms with Crippen LogP contribution in [-0.2, 0) is 4.79 Å². The fraction of sp³-hybridized carbons (Fsp3) is 0. The number of carbonyl (C=O) groups excluding carboxylic acids is 2. The molecule has 0 bridgehead atoms. The van der Waals surface area contributed by atoms with Crippen LogP contribution in [0.15, 0.2) is 17.0 Å². The Morgan fingerprint density at radius 3 is 2.33 bits per heavy atom. The first kappa shape index (κ1) is 14.5. The van der Waals surface area contributed by atoms with E-state index in [2.05, 4.69) is 0 Å². The van der Waals surface area contributed by atoms with Gasteiger partial charge < -0.3 is 5.11 Å². The van der Waals surface area contributed by atoms with Gasteiger partial charge in [0.25, 0.3) is 16.8 Å². The smallest absolute Gasteiger partial charge is 0.318 e. The summed E-state index contributed by atoms with van der Waals surface area (Å²) in [4.78, 5) is 41.9. The van der Waals surface area contributed by atoms with Gasteiger partial charge in [-0.25, -0.2) is 0 Å². The van der Waals surface area contributed by atoms with Crippen LogP contribution in [0.5, 0.6) is 5.75 Å². The number of phenolic OH excluding ortho intramolecular Hbond substituents is 1. The lowest BCUT2D eigenvalue weighted by Gasteiger charge is -2.01. The van der Waals surface area contributed by atoms with Crippen molar-refractivity contribution in [1.29, 1.82) is 0 Å². The van der Waals surface area contributed by atoms with Crippen molar-refractivity contribution in [2.75, 3.05) is 0 Å². The van der Waals surface area contributed by atoms with Crippen LogP contribution in [-0.4, -0.2) is 26.1 Å². The van der Waals surface area contributed by atoms with Crippen LogP contribution in [0, 0.1) is 20.2 Å². The zero-order chi connectivity index (χ0) is 15.7. The maximum absolute atomic E-state index is 11.4. The minimum absolute atomic E-state index is 0.134. The number of non-ortho nitro benzene ring substituents is 1. The van der Waals surface area contributed by atoms with Gasteiger partial charge in [0.15, 0.2) is 0 Å². The number of nitro groups is 2. The molecule has 1 aromatic carbocycles. The second kappa shape index (κ2) is 5.20. The molecule has 1 aliphatic heterocycles. The number of benzene rings is 1. The molecule has 0 spiro atoms. The standard InChI is InChI=1S/C10H5N3O7S/c14-8-4(2-7-9(15)11-10(16)21-7)1-5(12(17)18)3-6(8)13(19)20/h1-3,14H,(H,11,15,16)/b7-2+. The number of carbonyl (C=O) groups is 2. The van der Waals surface area contributed by atoms with Crippen LogP contribution >= 0.6 is 11.8 Å². The highest BCUT2D eigenvalue weighted by Crippen LogP contribution is 2.37. The van der Waals surface area contributed by atoms with Crippen molar-refractivity contribution in [1.82, 2.24) is 5.32 Å². The van der Waals surface area contributed by atoms with Crippen LogP contribution in [0.4, 0.5) is 16.2 Å². The van der Waals surface area contributed by atoms with Crippen molar-refractivity contribution in [3.63, 3.8) is 0 Å². The lowest BCUT2D eigenvalue weighted by Crippen LogP contribution is -2.17. The third-order valence-electron chi connectivity index (χ3n) is 2.44. The summed E-state index contributed by atoms with van der Waals surface area (Å²) in [6.07, 6.45) is 0.972. The van der Waals surface area contributed by atoms with Gasteiger partial charge >= 0.3 is 5.69 Å². The maximum atomic E-state index is 11.4. The van der Waals surface area contributed by atoms with Gasteiger partial charge in [0.05, 0.1) is 20.8 Å². The summed E-state index contributed by atoms with van der Waals surface area (Å²) >= 11 is 0.516. The Hall–Kier alpha value is -2.95. The van der Waals surface area contributed by atoms with Crippen molar-refractivity contribution in [3.05, 3.63) is 42.8 Å². The van der Waals surface area contributed by atoms with Gasteiger partial charge in [-0.1, -0.05) is 0 Å². The molecule has 0 saturated carbocycles. The predicted molar refractivity (Wildman–Crippen MR) is 70.5 cm³/mol. The molecular weight excluding hydrogens is 306 g/mol. The first-order valence-electron chi connectivity index (χ1n) is 5.20. The van der Waals surface area contributed by atoms with Crippen LogP contribution in [0.25, 0.3) is 6.08 Å². The zero-order valence-corrected chi connectivity index (χ0v) is 10.7. The van der Waals surface area contributed by atoms with E-state index in [9.17, 15) is 34.9 Å². The summed E-state index contributed by atoms with van der Waals surface area (Å²) < 4.78 is 0. The molecule has 1 aromatic rings. The molecule has 1 fully saturated rings. The molecule has 2 N–H and O–H groups in total.